The van der Waals surface area contributed by atoms with Crippen LogP contribution in [0.2, 0.25) is 0 Å². The third-order valence-corrected chi connectivity index (χ3v) is 2.68. The van der Waals surface area contributed by atoms with Gasteiger partial charge in [0, 0.05) is 13.7 Å². The molecule has 12 heavy (non-hydrogen) atoms. The van der Waals surface area contributed by atoms with Crippen LogP contribution in [0.3, 0.4) is 0 Å². The lowest BCUT2D eigenvalue weighted by atomic mass is 9.94. The summed E-state index contributed by atoms with van der Waals surface area (Å²) in [5, 5.41) is 6.59. The first-order chi connectivity index (χ1) is 5.83. The molecule has 2 N–H and O–H groups in total. The Bertz CT molecular complexity index is 120. The number of likely N-dealkylation sites (N-methyl/N-ethyl adjacent to an activating group) is 1. The zero-order valence-electron chi connectivity index (χ0n) is 8.15. The van der Waals surface area contributed by atoms with Crippen molar-refractivity contribution in [3.63, 3.8) is 0 Å². The molecule has 0 bridgehead atoms. The fraction of sp³-hybridized carbons (Fsp3) is 1.00. The third kappa shape index (κ3) is 2.44. The molecule has 0 saturated carbocycles. The normalized spacial score (nSPS) is 31.5. The second-order valence-corrected chi connectivity index (χ2v) is 3.52. The molecule has 0 amide bonds. The van der Waals surface area contributed by atoms with E-state index in [4.69, 9.17) is 4.74 Å². The van der Waals surface area contributed by atoms with E-state index >= 15 is 0 Å². The van der Waals surface area contributed by atoms with E-state index in [9.17, 15) is 0 Å². The van der Waals surface area contributed by atoms with Crippen LogP contribution >= 0.6 is 0 Å². The molecule has 3 heteroatoms. The van der Waals surface area contributed by atoms with Gasteiger partial charge < -0.3 is 15.4 Å². The molecular formula is C9H20N2O. The lowest BCUT2D eigenvalue weighted by Crippen LogP contribution is -2.41. The summed E-state index contributed by atoms with van der Waals surface area (Å²) in [6.07, 6.45) is 3.50. The molecule has 0 radical (unpaired) electrons. The highest BCUT2D eigenvalue weighted by Gasteiger charge is 2.29. The van der Waals surface area contributed by atoms with Crippen LogP contribution in [0.25, 0.3) is 0 Å². The Morgan fingerprint density at radius 2 is 2.25 bits per heavy atom. The fourth-order valence-electron chi connectivity index (χ4n) is 1.88. The van der Waals surface area contributed by atoms with Gasteiger partial charge in [0.05, 0.1) is 5.60 Å². The molecule has 0 aliphatic carbocycles. The van der Waals surface area contributed by atoms with Crippen LogP contribution in [0.15, 0.2) is 0 Å². The molecule has 1 saturated heterocycles. The summed E-state index contributed by atoms with van der Waals surface area (Å²) in [5.41, 5.74) is 0.0816. The molecule has 0 aromatic carbocycles. The highest BCUT2D eigenvalue weighted by Crippen LogP contribution is 2.22. The Kier molecular flexibility index (Phi) is 3.98. The maximum Gasteiger partial charge on any atom is 0.0814 e. The number of hydrogen-bond donors (Lipinski definition) is 2. The van der Waals surface area contributed by atoms with Crippen LogP contribution < -0.4 is 10.6 Å². The van der Waals surface area contributed by atoms with Crippen LogP contribution in [0.5, 0.6) is 0 Å². The van der Waals surface area contributed by atoms with E-state index in [2.05, 4.69) is 10.6 Å². The Morgan fingerprint density at radius 3 is 2.92 bits per heavy atom. The molecule has 1 atom stereocenters. The van der Waals surface area contributed by atoms with E-state index in [1.165, 1.54) is 6.42 Å². The second kappa shape index (κ2) is 4.80. The number of methoxy groups -OCH3 is 1. The smallest absolute Gasteiger partial charge is 0.0814 e. The maximum atomic E-state index is 5.60. The van der Waals surface area contributed by atoms with Gasteiger partial charge in [-0.25, -0.2) is 0 Å². The predicted molar refractivity (Wildman–Crippen MR) is 50.4 cm³/mol. The first-order valence-electron chi connectivity index (χ1n) is 4.73. The molecule has 1 unspecified atom stereocenters. The summed E-state index contributed by atoms with van der Waals surface area (Å²) < 4.78 is 5.60. The summed E-state index contributed by atoms with van der Waals surface area (Å²) in [6, 6.07) is 0. The van der Waals surface area contributed by atoms with Crippen molar-refractivity contribution in [3.05, 3.63) is 0 Å². The zero-order chi connectivity index (χ0) is 8.86. The molecule has 1 heterocycles. The summed E-state index contributed by atoms with van der Waals surface area (Å²) >= 11 is 0. The molecule has 0 spiro atoms. The molecule has 3 nitrogen and oxygen atoms in total. The van der Waals surface area contributed by atoms with Crippen molar-refractivity contribution in [1.29, 1.82) is 0 Å². The maximum absolute atomic E-state index is 5.60. The number of nitrogens with one attached hydrogen (secondary N) is 2. The molecule has 72 valence electrons. The van der Waals surface area contributed by atoms with Gasteiger partial charge in [-0.1, -0.05) is 0 Å². The van der Waals surface area contributed by atoms with Crippen molar-refractivity contribution in [3.8, 4) is 0 Å². The minimum absolute atomic E-state index is 0.0816. The van der Waals surface area contributed by atoms with Crippen molar-refractivity contribution in [2.45, 2.75) is 24.9 Å². The summed E-state index contributed by atoms with van der Waals surface area (Å²) in [4.78, 5) is 0. The highest BCUT2D eigenvalue weighted by atomic mass is 16.5. The molecule has 1 rings (SSSR count). The quantitative estimate of drug-likeness (QED) is 0.645. The summed E-state index contributed by atoms with van der Waals surface area (Å²) in [6.45, 7) is 3.18. The van der Waals surface area contributed by atoms with Crippen molar-refractivity contribution >= 4 is 0 Å². The molecule has 1 fully saturated rings. The van der Waals surface area contributed by atoms with E-state index in [-0.39, 0.29) is 5.60 Å². The molecule has 1 aliphatic heterocycles. The van der Waals surface area contributed by atoms with E-state index in [1.807, 2.05) is 14.2 Å². The average Bonchev–Trinajstić information content (AvgIpc) is 2.32. The van der Waals surface area contributed by atoms with Crippen LogP contribution in [-0.4, -0.2) is 39.4 Å². The Morgan fingerprint density at radius 1 is 1.42 bits per heavy atom. The van der Waals surface area contributed by atoms with Gasteiger partial charge in [0.25, 0.3) is 0 Å². The van der Waals surface area contributed by atoms with E-state index in [1.54, 1.807) is 0 Å². The summed E-state index contributed by atoms with van der Waals surface area (Å²) in [7, 11) is 3.81. The van der Waals surface area contributed by atoms with Crippen molar-refractivity contribution < 1.29 is 4.74 Å². The molecule has 0 aromatic heterocycles. The van der Waals surface area contributed by atoms with Gasteiger partial charge in [0.15, 0.2) is 0 Å². The Hall–Kier alpha value is -0.120. The predicted octanol–water partition coefficient (Wildman–Crippen LogP) is 0.364. The minimum atomic E-state index is 0.0816. The summed E-state index contributed by atoms with van der Waals surface area (Å²) in [5.74, 6) is 0. The lowest BCUT2D eigenvalue weighted by molar-refractivity contribution is -0.0175. The zero-order valence-corrected chi connectivity index (χ0v) is 8.15. The number of ether oxygens (including phenoxy) is 1. The minimum Gasteiger partial charge on any atom is -0.377 e. The Balaban J connectivity index is 2.48. The van der Waals surface area contributed by atoms with Crippen LogP contribution in [-0.2, 0) is 4.74 Å². The van der Waals surface area contributed by atoms with Gasteiger partial charge in [0.2, 0.25) is 0 Å². The number of hydrogen-bond acceptors (Lipinski definition) is 3. The van der Waals surface area contributed by atoms with Crippen LogP contribution in [0.1, 0.15) is 19.3 Å². The van der Waals surface area contributed by atoms with E-state index < -0.39 is 0 Å². The van der Waals surface area contributed by atoms with Crippen molar-refractivity contribution in [2.24, 2.45) is 0 Å². The topological polar surface area (TPSA) is 33.3 Å². The first-order valence-corrected chi connectivity index (χ1v) is 4.73. The van der Waals surface area contributed by atoms with Crippen molar-refractivity contribution in [2.75, 3.05) is 33.8 Å². The van der Waals surface area contributed by atoms with Crippen LogP contribution in [0, 0.1) is 0 Å². The van der Waals surface area contributed by atoms with E-state index in [0.717, 1.165) is 32.5 Å². The highest BCUT2D eigenvalue weighted by molar-refractivity contribution is 4.85. The van der Waals surface area contributed by atoms with Crippen molar-refractivity contribution in [1.82, 2.24) is 10.6 Å². The Labute approximate surface area is 74.9 Å². The fourth-order valence-corrected chi connectivity index (χ4v) is 1.88. The molecular weight excluding hydrogens is 152 g/mol. The largest absolute Gasteiger partial charge is 0.377 e. The molecule has 0 aromatic rings. The van der Waals surface area contributed by atoms with Crippen LogP contribution in [0.4, 0.5) is 0 Å². The lowest BCUT2D eigenvalue weighted by Gasteiger charge is -2.30. The van der Waals surface area contributed by atoms with Gasteiger partial charge in [-0.3, -0.25) is 0 Å². The molecule has 1 aliphatic rings. The SMILES string of the molecule is CNCC1(OC)CCCNCC1. The first kappa shape index (κ1) is 9.96. The van der Waals surface area contributed by atoms with Gasteiger partial charge in [-0.05, 0) is 39.4 Å². The van der Waals surface area contributed by atoms with Gasteiger partial charge in [0.1, 0.15) is 0 Å². The van der Waals surface area contributed by atoms with E-state index in [0.29, 0.717) is 0 Å². The van der Waals surface area contributed by atoms with Gasteiger partial charge in [-0.2, -0.15) is 0 Å². The average molecular weight is 172 g/mol. The standard InChI is InChI=1S/C9H20N2O/c1-10-8-9(12-2)4-3-6-11-7-5-9/h10-11H,3-8H2,1-2H3. The third-order valence-electron chi connectivity index (χ3n) is 2.68. The van der Waals surface area contributed by atoms with Gasteiger partial charge >= 0.3 is 0 Å². The van der Waals surface area contributed by atoms with Gasteiger partial charge in [-0.15, -0.1) is 0 Å². The monoisotopic (exact) mass is 172 g/mol. The number of rotatable bonds is 3. The second-order valence-electron chi connectivity index (χ2n) is 3.52.